The summed E-state index contributed by atoms with van der Waals surface area (Å²) in [5.74, 6) is 0.332. The first kappa shape index (κ1) is 8.07. The van der Waals surface area contributed by atoms with Crippen LogP contribution in [0.2, 0.25) is 0 Å². The Kier molecular flexibility index (Phi) is 2.32. The van der Waals surface area contributed by atoms with Crippen molar-refractivity contribution in [2.45, 2.75) is 38.1 Å². The van der Waals surface area contributed by atoms with E-state index in [2.05, 4.69) is 11.0 Å². The van der Waals surface area contributed by atoms with Crippen LogP contribution in [0.1, 0.15) is 32.1 Å². The maximum atomic E-state index is 8.95. The van der Waals surface area contributed by atoms with Gasteiger partial charge < -0.3 is 0 Å². The molecule has 2 aliphatic rings. The standard InChI is InChI=1S/C10H16N2/c11-8-9-4-3-7-12-6-2-1-5-10(9)12/h9-10H,1-7H2/t9-,10-/m1/s1. The molecule has 2 fully saturated rings. The topological polar surface area (TPSA) is 27.0 Å². The Hall–Kier alpha value is -0.550. The molecule has 0 amide bonds. The van der Waals surface area contributed by atoms with Crippen molar-refractivity contribution < 1.29 is 0 Å². The van der Waals surface area contributed by atoms with Gasteiger partial charge in [-0.05, 0) is 38.8 Å². The zero-order chi connectivity index (χ0) is 8.39. The maximum absolute atomic E-state index is 8.95. The zero-order valence-corrected chi connectivity index (χ0v) is 7.50. The number of piperidine rings is 2. The molecule has 0 aromatic carbocycles. The highest BCUT2D eigenvalue weighted by molar-refractivity contribution is 4.97. The fraction of sp³-hybridized carbons (Fsp3) is 0.900. The first-order valence-corrected chi connectivity index (χ1v) is 5.05. The zero-order valence-electron chi connectivity index (χ0n) is 7.50. The molecular weight excluding hydrogens is 148 g/mol. The molecule has 0 radical (unpaired) electrons. The Labute approximate surface area is 74.2 Å². The van der Waals surface area contributed by atoms with Gasteiger partial charge in [-0.1, -0.05) is 6.42 Å². The maximum Gasteiger partial charge on any atom is 0.0672 e. The average Bonchev–Trinajstić information content (AvgIpc) is 2.17. The SMILES string of the molecule is N#C[C@H]1CCCN2CCCC[C@H]12. The van der Waals surface area contributed by atoms with Crippen LogP contribution in [-0.2, 0) is 0 Å². The molecule has 0 aromatic heterocycles. The minimum atomic E-state index is 0.332. The van der Waals surface area contributed by atoms with Gasteiger partial charge in [0, 0.05) is 6.04 Å². The van der Waals surface area contributed by atoms with Crippen molar-refractivity contribution in [3.8, 4) is 6.07 Å². The highest BCUT2D eigenvalue weighted by Crippen LogP contribution is 2.29. The lowest BCUT2D eigenvalue weighted by atomic mass is 9.84. The van der Waals surface area contributed by atoms with Crippen LogP contribution in [0, 0.1) is 17.2 Å². The van der Waals surface area contributed by atoms with Gasteiger partial charge >= 0.3 is 0 Å². The summed E-state index contributed by atoms with van der Waals surface area (Å²) < 4.78 is 0. The first-order chi connectivity index (χ1) is 5.92. The highest BCUT2D eigenvalue weighted by Gasteiger charge is 2.32. The average molecular weight is 164 g/mol. The van der Waals surface area contributed by atoms with Gasteiger partial charge in [-0.3, -0.25) is 4.90 Å². The van der Waals surface area contributed by atoms with Crippen LogP contribution < -0.4 is 0 Å². The molecule has 0 unspecified atom stereocenters. The van der Waals surface area contributed by atoms with Crippen LogP contribution >= 0.6 is 0 Å². The second-order valence-electron chi connectivity index (χ2n) is 3.98. The molecule has 2 heteroatoms. The van der Waals surface area contributed by atoms with Gasteiger partial charge in [-0.25, -0.2) is 0 Å². The molecule has 2 rings (SSSR count). The molecule has 2 atom stereocenters. The highest BCUT2D eigenvalue weighted by atomic mass is 15.2. The molecule has 0 aliphatic carbocycles. The molecule has 12 heavy (non-hydrogen) atoms. The van der Waals surface area contributed by atoms with Gasteiger partial charge in [0.25, 0.3) is 0 Å². The predicted octanol–water partition coefficient (Wildman–Crippen LogP) is 1.77. The normalized spacial score (nSPS) is 36.9. The van der Waals surface area contributed by atoms with E-state index >= 15 is 0 Å². The summed E-state index contributed by atoms with van der Waals surface area (Å²) in [7, 11) is 0. The molecule has 2 aliphatic heterocycles. The summed E-state index contributed by atoms with van der Waals surface area (Å²) in [4.78, 5) is 2.53. The van der Waals surface area contributed by atoms with Crippen molar-refractivity contribution in [3.05, 3.63) is 0 Å². The number of fused-ring (bicyclic) bond motifs is 1. The fourth-order valence-electron chi connectivity index (χ4n) is 2.61. The van der Waals surface area contributed by atoms with Gasteiger partial charge in [0.15, 0.2) is 0 Å². The van der Waals surface area contributed by atoms with Gasteiger partial charge in [0.1, 0.15) is 0 Å². The Morgan fingerprint density at radius 3 is 2.75 bits per heavy atom. The molecule has 0 bridgehead atoms. The van der Waals surface area contributed by atoms with Crippen LogP contribution in [0.4, 0.5) is 0 Å². The third-order valence-electron chi connectivity index (χ3n) is 3.25. The van der Waals surface area contributed by atoms with E-state index in [4.69, 9.17) is 5.26 Å². The van der Waals surface area contributed by atoms with Crippen LogP contribution in [-0.4, -0.2) is 24.0 Å². The fourth-order valence-corrected chi connectivity index (χ4v) is 2.61. The smallest absolute Gasteiger partial charge is 0.0672 e. The lowest BCUT2D eigenvalue weighted by Crippen LogP contribution is -2.47. The Morgan fingerprint density at radius 2 is 1.92 bits per heavy atom. The first-order valence-electron chi connectivity index (χ1n) is 5.05. The number of nitriles is 1. The lowest BCUT2D eigenvalue weighted by molar-refractivity contribution is 0.0811. The molecule has 2 saturated heterocycles. The minimum absolute atomic E-state index is 0.332. The van der Waals surface area contributed by atoms with Gasteiger partial charge in [0.05, 0.1) is 12.0 Å². The number of hydrogen-bond acceptors (Lipinski definition) is 2. The predicted molar refractivity (Wildman–Crippen MR) is 47.5 cm³/mol. The Morgan fingerprint density at radius 1 is 1.08 bits per heavy atom. The quantitative estimate of drug-likeness (QED) is 0.545. The summed E-state index contributed by atoms with van der Waals surface area (Å²) in [6, 6.07) is 3.07. The van der Waals surface area contributed by atoms with Crippen molar-refractivity contribution in [1.29, 1.82) is 5.26 Å². The summed E-state index contributed by atoms with van der Waals surface area (Å²) in [6.45, 7) is 2.48. The molecule has 2 nitrogen and oxygen atoms in total. The summed E-state index contributed by atoms with van der Waals surface area (Å²) >= 11 is 0. The molecule has 0 saturated carbocycles. The van der Waals surface area contributed by atoms with Crippen LogP contribution in [0.5, 0.6) is 0 Å². The molecule has 66 valence electrons. The van der Waals surface area contributed by atoms with E-state index in [1.807, 2.05) is 0 Å². The van der Waals surface area contributed by atoms with E-state index in [-0.39, 0.29) is 0 Å². The summed E-state index contributed by atoms with van der Waals surface area (Å²) in [5.41, 5.74) is 0. The second kappa shape index (κ2) is 3.45. The molecular formula is C10H16N2. The van der Waals surface area contributed by atoms with E-state index in [0.717, 1.165) is 6.42 Å². The van der Waals surface area contributed by atoms with Crippen LogP contribution in [0.15, 0.2) is 0 Å². The van der Waals surface area contributed by atoms with Crippen LogP contribution in [0.3, 0.4) is 0 Å². The monoisotopic (exact) mass is 164 g/mol. The van der Waals surface area contributed by atoms with Gasteiger partial charge in [0.2, 0.25) is 0 Å². The number of nitrogens with zero attached hydrogens (tertiary/aromatic N) is 2. The van der Waals surface area contributed by atoms with E-state index < -0.39 is 0 Å². The van der Waals surface area contributed by atoms with Crippen molar-refractivity contribution in [1.82, 2.24) is 4.90 Å². The molecule has 2 heterocycles. The van der Waals surface area contributed by atoms with E-state index in [9.17, 15) is 0 Å². The van der Waals surface area contributed by atoms with Crippen molar-refractivity contribution in [3.63, 3.8) is 0 Å². The minimum Gasteiger partial charge on any atom is -0.299 e. The number of rotatable bonds is 0. The Bertz CT molecular complexity index is 193. The third-order valence-corrected chi connectivity index (χ3v) is 3.25. The lowest BCUT2D eigenvalue weighted by Gasteiger charge is -2.41. The van der Waals surface area contributed by atoms with E-state index in [1.165, 1.54) is 38.8 Å². The largest absolute Gasteiger partial charge is 0.299 e. The molecule has 0 N–H and O–H groups in total. The van der Waals surface area contributed by atoms with Crippen molar-refractivity contribution >= 4 is 0 Å². The van der Waals surface area contributed by atoms with Crippen LogP contribution in [0.25, 0.3) is 0 Å². The van der Waals surface area contributed by atoms with Gasteiger partial charge in [-0.15, -0.1) is 0 Å². The molecule has 0 aromatic rings. The van der Waals surface area contributed by atoms with Crippen molar-refractivity contribution in [2.75, 3.05) is 13.1 Å². The molecule has 0 spiro atoms. The number of hydrogen-bond donors (Lipinski definition) is 0. The third kappa shape index (κ3) is 1.34. The van der Waals surface area contributed by atoms with Crippen molar-refractivity contribution in [2.24, 2.45) is 5.92 Å². The van der Waals surface area contributed by atoms with E-state index in [0.29, 0.717) is 12.0 Å². The second-order valence-corrected chi connectivity index (χ2v) is 3.98. The summed E-state index contributed by atoms with van der Waals surface area (Å²) in [5, 5.41) is 8.95. The summed E-state index contributed by atoms with van der Waals surface area (Å²) in [6.07, 6.45) is 6.30. The van der Waals surface area contributed by atoms with Gasteiger partial charge in [-0.2, -0.15) is 5.26 Å². The Balaban J connectivity index is 2.05. The van der Waals surface area contributed by atoms with E-state index in [1.54, 1.807) is 0 Å².